The van der Waals surface area contributed by atoms with Crippen LogP contribution in [0.1, 0.15) is 11.5 Å². The molecule has 102 valence electrons. The molecule has 3 rings (SSSR count). The number of hydrogen-bond acceptors (Lipinski definition) is 3. The van der Waals surface area contributed by atoms with E-state index in [0.29, 0.717) is 5.56 Å². The van der Waals surface area contributed by atoms with Crippen LogP contribution in [0.4, 0.5) is 0 Å². The van der Waals surface area contributed by atoms with Crippen LogP contribution in [0.25, 0.3) is 10.9 Å². The average Bonchev–Trinajstić information content (AvgIpc) is 2.87. The Hall–Kier alpha value is -1.14. The molecule has 1 aromatic carbocycles. The Balaban J connectivity index is 2.19. The van der Waals surface area contributed by atoms with Crippen molar-refractivity contribution in [3.8, 4) is 0 Å². The quantitative estimate of drug-likeness (QED) is 0.365. The van der Waals surface area contributed by atoms with Gasteiger partial charge in [-0.2, -0.15) is 0 Å². The Morgan fingerprint density at radius 2 is 1.85 bits per heavy atom. The van der Waals surface area contributed by atoms with Gasteiger partial charge in [0.1, 0.15) is 5.92 Å². The van der Waals surface area contributed by atoms with Crippen molar-refractivity contribution in [2.24, 2.45) is 0 Å². The first-order valence-corrected chi connectivity index (χ1v) is 9.07. The fourth-order valence-electron chi connectivity index (χ4n) is 2.43. The van der Waals surface area contributed by atoms with Crippen LogP contribution in [0.15, 0.2) is 30.5 Å². The molecule has 8 heteroatoms. The van der Waals surface area contributed by atoms with Gasteiger partial charge in [0, 0.05) is 20.0 Å². The number of imide groups is 1. The first-order chi connectivity index (χ1) is 9.56. The summed E-state index contributed by atoms with van der Waals surface area (Å²) in [5, 5.41) is 0.816. The highest BCUT2D eigenvalue weighted by molar-refractivity contribution is 8.02. The smallest absolute Gasteiger partial charge is 0.301 e. The highest BCUT2D eigenvalue weighted by Crippen LogP contribution is 2.40. The van der Waals surface area contributed by atoms with E-state index in [1.54, 1.807) is 10.5 Å². The molecule has 1 aliphatic heterocycles. The third-order valence-electron chi connectivity index (χ3n) is 3.35. The topological polar surface area (TPSA) is 59.4 Å². The Morgan fingerprint density at radius 1 is 1.15 bits per heavy atom. The lowest BCUT2D eigenvalue weighted by Crippen LogP contribution is -2.20. The van der Waals surface area contributed by atoms with E-state index in [4.69, 9.17) is 0 Å². The molecule has 2 heterocycles. The molecular formula is C12H11N2O3P3. The number of fused-ring (bicyclic) bond motifs is 1. The predicted octanol–water partition coefficient (Wildman–Crippen LogP) is 1.68. The number of benzene rings is 1. The standard InChI is InChI=1S/C12H11N2O3P3/c15-10-9(11(16)14(20-19)12(10)17)7-5-13(18)8-4-2-1-3-6(7)8/h1-5,9,20H,18-19H2. The third kappa shape index (κ3) is 1.85. The number of carbonyl (C=O) groups is 3. The zero-order chi connectivity index (χ0) is 14.4. The van der Waals surface area contributed by atoms with Crippen LogP contribution >= 0.6 is 26.7 Å². The zero-order valence-electron chi connectivity index (χ0n) is 10.2. The zero-order valence-corrected chi connectivity index (χ0v) is 13.5. The second kappa shape index (κ2) is 5.00. The molecular weight excluding hydrogens is 313 g/mol. The van der Waals surface area contributed by atoms with Crippen molar-refractivity contribution in [1.29, 1.82) is 0 Å². The van der Waals surface area contributed by atoms with E-state index in [0.717, 1.165) is 15.6 Å². The van der Waals surface area contributed by atoms with Gasteiger partial charge in [0.05, 0.1) is 5.52 Å². The summed E-state index contributed by atoms with van der Waals surface area (Å²) in [6.07, 6.45) is 1.72. The average molecular weight is 324 g/mol. The molecule has 1 aliphatic rings. The van der Waals surface area contributed by atoms with Gasteiger partial charge in [-0.3, -0.25) is 19.1 Å². The van der Waals surface area contributed by atoms with Gasteiger partial charge < -0.3 is 4.34 Å². The fraction of sp³-hybridized carbons (Fsp3) is 0.0833. The van der Waals surface area contributed by atoms with Gasteiger partial charge in [-0.25, -0.2) is 0 Å². The monoisotopic (exact) mass is 324 g/mol. The molecule has 0 N–H and O–H groups in total. The normalized spacial score (nSPS) is 20.0. The molecule has 1 saturated heterocycles. The molecule has 0 bridgehead atoms. The third-order valence-corrected chi connectivity index (χ3v) is 5.24. The van der Waals surface area contributed by atoms with Gasteiger partial charge in [0.15, 0.2) is 0 Å². The molecule has 0 saturated carbocycles. The van der Waals surface area contributed by atoms with Crippen LogP contribution in [0.2, 0.25) is 0 Å². The largest absolute Gasteiger partial charge is 0.332 e. The Morgan fingerprint density at radius 3 is 2.50 bits per heavy atom. The summed E-state index contributed by atoms with van der Waals surface area (Å²) in [7, 11) is 4.73. The number of Topliss-reactive ketones (excluding diaryl/α,β-unsaturated/α-hetero) is 1. The van der Waals surface area contributed by atoms with Crippen molar-refractivity contribution < 1.29 is 14.4 Å². The summed E-state index contributed by atoms with van der Waals surface area (Å²) in [5.41, 5.74) is 1.48. The Kier molecular flexibility index (Phi) is 3.46. The van der Waals surface area contributed by atoms with Gasteiger partial charge >= 0.3 is 5.91 Å². The van der Waals surface area contributed by atoms with Crippen LogP contribution in [-0.4, -0.2) is 26.6 Å². The molecule has 2 aromatic rings. The van der Waals surface area contributed by atoms with E-state index in [2.05, 4.69) is 18.3 Å². The van der Waals surface area contributed by atoms with Crippen molar-refractivity contribution >= 4 is 55.2 Å². The molecule has 1 fully saturated rings. The highest BCUT2D eigenvalue weighted by atomic mass is 32.0. The van der Waals surface area contributed by atoms with E-state index >= 15 is 0 Å². The molecule has 20 heavy (non-hydrogen) atoms. The van der Waals surface area contributed by atoms with Crippen LogP contribution in [0.5, 0.6) is 0 Å². The van der Waals surface area contributed by atoms with Gasteiger partial charge in [-0.1, -0.05) is 27.1 Å². The maximum Gasteiger partial charge on any atom is 0.301 e. The van der Waals surface area contributed by atoms with Gasteiger partial charge in [-0.05, 0) is 21.0 Å². The minimum absolute atomic E-state index is 0.109. The molecule has 0 aliphatic carbocycles. The minimum atomic E-state index is -1.01. The number of rotatable bonds is 2. The molecule has 4 atom stereocenters. The first kappa shape index (κ1) is 13.8. The van der Waals surface area contributed by atoms with E-state index in [1.807, 2.05) is 24.3 Å². The molecule has 2 amide bonds. The number of aromatic nitrogens is 1. The van der Waals surface area contributed by atoms with Gasteiger partial charge in [0.2, 0.25) is 11.7 Å². The number of nitrogens with zero attached hydrogens (tertiary/aromatic N) is 2. The van der Waals surface area contributed by atoms with Crippen LogP contribution < -0.4 is 0 Å². The summed E-state index contributed by atoms with van der Waals surface area (Å²) in [5.74, 6) is -2.81. The number of ketones is 1. The number of carbonyl (C=O) groups excluding carboxylic acids is 3. The number of para-hydroxylation sites is 1. The van der Waals surface area contributed by atoms with Crippen LogP contribution in [0, 0.1) is 0 Å². The van der Waals surface area contributed by atoms with Crippen LogP contribution in [-0.2, 0) is 14.4 Å². The highest BCUT2D eigenvalue weighted by Gasteiger charge is 2.48. The predicted molar refractivity (Wildman–Crippen MR) is 84.7 cm³/mol. The second-order valence-electron chi connectivity index (χ2n) is 4.41. The number of hydrogen-bond donors (Lipinski definition) is 0. The Bertz CT molecular complexity index is 755. The van der Waals surface area contributed by atoms with E-state index in [1.165, 1.54) is 0 Å². The Labute approximate surface area is 121 Å². The second-order valence-corrected chi connectivity index (χ2v) is 6.45. The molecule has 5 nitrogen and oxygen atoms in total. The van der Waals surface area contributed by atoms with Gasteiger partial charge in [0.25, 0.3) is 0 Å². The van der Waals surface area contributed by atoms with E-state index in [-0.39, 0.29) is 8.42 Å². The molecule has 1 aromatic heterocycles. The van der Waals surface area contributed by atoms with Crippen molar-refractivity contribution in [2.45, 2.75) is 5.92 Å². The van der Waals surface area contributed by atoms with Crippen molar-refractivity contribution in [3.63, 3.8) is 0 Å². The van der Waals surface area contributed by atoms with Crippen molar-refractivity contribution in [1.82, 2.24) is 9.01 Å². The summed E-state index contributed by atoms with van der Waals surface area (Å²) in [6.45, 7) is 0. The lowest BCUT2D eigenvalue weighted by molar-refractivity contribution is -0.138. The fourth-order valence-corrected chi connectivity index (χ4v) is 4.04. The summed E-state index contributed by atoms with van der Waals surface area (Å²) < 4.78 is 2.79. The maximum atomic E-state index is 12.3. The van der Waals surface area contributed by atoms with Gasteiger partial charge in [-0.15, -0.1) is 0 Å². The maximum absolute atomic E-state index is 12.3. The first-order valence-electron chi connectivity index (χ1n) is 5.79. The summed E-state index contributed by atoms with van der Waals surface area (Å²) in [6, 6.07) is 7.47. The van der Waals surface area contributed by atoms with E-state index in [9.17, 15) is 14.4 Å². The molecule has 0 radical (unpaired) electrons. The summed E-state index contributed by atoms with van der Waals surface area (Å²) in [4.78, 5) is 36.2. The van der Waals surface area contributed by atoms with Crippen molar-refractivity contribution in [3.05, 3.63) is 36.0 Å². The molecule has 4 unspecified atom stereocenters. The van der Waals surface area contributed by atoms with Crippen LogP contribution in [0.3, 0.4) is 0 Å². The SMILES string of the molecule is O=C1C(=O)N(PP)C(=O)C1c1cn(P)c2ccccc12. The lowest BCUT2D eigenvalue weighted by Gasteiger charge is -2.09. The molecule has 0 spiro atoms. The van der Waals surface area contributed by atoms with Crippen molar-refractivity contribution in [2.75, 3.05) is 0 Å². The lowest BCUT2D eigenvalue weighted by atomic mass is 9.96. The van der Waals surface area contributed by atoms with E-state index < -0.39 is 23.5 Å². The minimum Gasteiger partial charge on any atom is -0.332 e. The number of amides is 2. The summed E-state index contributed by atoms with van der Waals surface area (Å²) >= 11 is 0.